The van der Waals surface area contributed by atoms with Crippen LogP contribution in [0.5, 0.6) is 0 Å². The predicted octanol–water partition coefficient (Wildman–Crippen LogP) is 2.93. The highest BCUT2D eigenvalue weighted by atomic mass is 35.5. The van der Waals surface area contributed by atoms with E-state index in [9.17, 15) is 0 Å². The van der Waals surface area contributed by atoms with E-state index in [2.05, 4.69) is 24.1 Å². The molecule has 2 heteroatoms. The molecule has 1 heterocycles. The predicted molar refractivity (Wildman–Crippen MR) is 63.5 cm³/mol. The minimum absolute atomic E-state index is 0.734. The van der Waals surface area contributed by atoms with Crippen molar-refractivity contribution in [2.45, 2.75) is 18.8 Å². The van der Waals surface area contributed by atoms with Gasteiger partial charge in [0.05, 0.1) is 0 Å². The Kier molecular flexibility index (Phi) is 2.26. The van der Waals surface area contributed by atoms with E-state index >= 15 is 0 Å². The van der Waals surface area contributed by atoms with Crippen LogP contribution in [0.3, 0.4) is 0 Å². The first-order chi connectivity index (χ1) is 7.25. The molecule has 1 aromatic carbocycles. The molecule has 1 aliphatic carbocycles. The van der Waals surface area contributed by atoms with E-state index in [1.165, 1.54) is 37.1 Å². The standard InChI is InChI=1S/C13H16ClN/c1-15-7-9-5-6-11-10(12(9)8-15)3-2-4-13(11)14/h2-4,9,12H,5-8H2,1H3. The van der Waals surface area contributed by atoms with Crippen LogP contribution in [0, 0.1) is 5.92 Å². The lowest BCUT2D eigenvalue weighted by molar-refractivity contribution is 0.387. The van der Waals surface area contributed by atoms with Crippen molar-refractivity contribution in [2.75, 3.05) is 20.1 Å². The third kappa shape index (κ3) is 1.49. The summed E-state index contributed by atoms with van der Waals surface area (Å²) in [5, 5.41) is 0.973. The van der Waals surface area contributed by atoms with Gasteiger partial charge in [0, 0.05) is 24.0 Å². The second kappa shape index (κ2) is 3.50. The summed E-state index contributed by atoms with van der Waals surface area (Å²) < 4.78 is 0. The molecule has 3 rings (SSSR count). The van der Waals surface area contributed by atoms with E-state index in [-0.39, 0.29) is 0 Å². The monoisotopic (exact) mass is 221 g/mol. The Labute approximate surface area is 96.0 Å². The van der Waals surface area contributed by atoms with Crippen LogP contribution in [-0.2, 0) is 6.42 Å². The number of rotatable bonds is 0. The highest BCUT2D eigenvalue weighted by molar-refractivity contribution is 6.31. The quantitative estimate of drug-likeness (QED) is 0.651. The van der Waals surface area contributed by atoms with Gasteiger partial charge in [-0.25, -0.2) is 0 Å². The summed E-state index contributed by atoms with van der Waals surface area (Å²) in [5.74, 6) is 1.60. The van der Waals surface area contributed by atoms with Crippen molar-refractivity contribution < 1.29 is 0 Å². The average molecular weight is 222 g/mol. The molecule has 2 atom stereocenters. The van der Waals surface area contributed by atoms with Crippen LogP contribution in [0.25, 0.3) is 0 Å². The van der Waals surface area contributed by atoms with Gasteiger partial charge >= 0.3 is 0 Å². The fraction of sp³-hybridized carbons (Fsp3) is 0.538. The van der Waals surface area contributed by atoms with Crippen LogP contribution in [0.1, 0.15) is 23.5 Å². The van der Waals surface area contributed by atoms with Gasteiger partial charge in [-0.2, -0.15) is 0 Å². The van der Waals surface area contributed by atoms with Gasteiger partial charge in [0.2, 0.25) is 0 Å². The van der Waals surface area contributed by atoms with Gasteiger partial charge in [0.25, 0.3) is 0 Å². The number of benzene rings is 1. The van der Waals surface area contributed by atoms with Crippen molar-refractivity contribution in [3.05, 3.63) is 34.3 Å². The lowest BCUT2D eigenvalue weighted by Gasteiger charge is -2.27. The van der Waals surface area contributed by atoms with E-state index in [0.29, 0.717) is 0 Å². The molecule has 80 valence electrons. The van der Waals surface area contributed by atoms with Crippen molar-refractivity contribution >= 4 is 11.6 Å². The molecule has 2 aliphatic rings. The normalized spacial score (nSPS) is 30.0. The Hall–Kier alpha value is -0.530. The Bertz CT molecular complexity index is 388. The second-order valence-electron chi connectivity index (χ2n) is 4.93. The van der Waals surface area contributed by atoms with Gasteiger partial charge in [0.15, 0.2) is 0 Å². The van der Waals surface area contributed by atoms with Crippen LogP contribution >= 0.6 is 11.6 Å². The molecule has 1 nitrogen and oxygen atoms in total. The Morgan fingerprint density at radius 3 is 3.07 bits per heavy atom. The smallest absolute Gasteiger partial charge is 0.0440 e. The van der Waals surface area contributed by atoms with Crippen molar-refractivity contribution in [1.29, 1.82) is 0 Å². The van der Waals surface area contributed by atoms with Crippen LogP contribution in [0.4, 0.5) is 0 Å². The maximum atomic E-state index is 6.26. The van der Waals surface area contributed by atoms with Gasteiger partial charge in [-0.05, 0) is 43.0 Å². The minimum atomic E-state index is 0.734. The number of hydrogen-bond donors (Lipinski definition) is 0. The first-order valence-electron chi connectivity index (χ1n) is 5.71. The van der Waals surface area contributed by atoms with E-state index < -0.39 is 0 Å². The summed E-state index contributed by atoms with van der Waals surface area (Å²) in [5.41, 5.74) is 2.93. The lowest BCUT2D eigenvalue weighted by atomic mass is 9.77. The second-order valence-corrected chi connectivity index (χ2v) is 5.34. The summed E-state index contributed by atoms with van der Waals surface area (Å²) in [6.45, 7) is 2.47. The van der Waals surface area contributed by atoms with E-state index in [0.717, 1.165) is 16.9 Å². The first-order valence-corrected chi connectivity index (χ1v) is 6.09. The maximum absolute atomic E-state index is 6.26. The molecule has 1 aromatic rings. The fourth-order valence-electron chi connectivity index (χ4n) is 3.25. The van der Waals surface area contributed by atoms with Crippen LogP contribution < -0.4 is 0 Å². The molecule has 0 aromatic heterocycles. The first kappa shape index (κ1) is 9.68. The number of likely N-dealkylation sites (N-methyl/N-ethyl adjacent to an activating group) is 1. The molecule has 1 fully saturated rings. The minimum Gasteiger partial charge on any atom is -0.305 e. The molecule has 1 saturated heterocycles. The number of halogens is 1. The Balaban J connectivity index is 2.05. The molecule has 0 saturated carbocycles. The van der Waals surface area contributed by atoms with E-state index in [4.69, 9.17) is 11.6 Å². The zero-order chi connectivity index (χ0) is 10.4. The van der Waals surface area contributed by atoms with Crippen LogP contribution in [0.15, 0.2) is 18.2 Å². The maximum Gasteiger partial charge on any atom is 0.0440 e. The molecular weight excluding hydrogens is 206 g/mol. The number of likely N-dealkylation sites (tertiary alicyclic amines) is 1. The Morgan fingerprint density at radius 1 is 1.33 bits per heavy atom. The third-order valence-electron chi connectivity index (χ3n) is 3.94. The fourth-order valence-corrected chi connectivity index (χ4v) is 3.52. The van der Waals surface area contributed by atoms with Gasteiger partial charge in [-0.15, -0.1) is 0 Å². The van der Waals surface area contributed by atoms with E-state index in [1.807, 2.05) is 6.07 Å². The van der Waals surface area contributed by atoms with Crippen LogP contribution in [-0.4, -0.2) is 25.0 Å². The molecule has 0 amide bonds. The summed E-state index contributed by atoms with van der Waals surface area (Å²) in [6.07, 6.45) is 2.48. The molecule has 15 heavy (non-hydrogen) atoms. The average Bonchev–Trinajstić information content (AvgIpc) is 2.59. The topological polar surface area (TPSA) is 3.24 Å². The summed E-state index contributed by atoms with van der Waals surface area (Å²) >= 11 is 6.26. The Morgan fingerprint density at radius 2 is 2.20 bits per heavy atom. The van der Waals surface area contributed by atoms with E-state index in [1.54, 1.807) is 0 Å². The molecule has 0 N–H and O–H groups in total. The summed E-state index contributed by atoms with van der Waals surface area (Å²) in [6, 6.07) is 6.40. The van der Waals surface area contributed by atoms with Gasteiger partial charge in [-0.1, -0.05) is 23.7 Å². The SMILES string of the molecule is CN1CC2CCc3c(Cl)cccc3C2C1. The largest absolute Gasteiger partial charge is 0.305 e. The summed E-state index contributed by atoms with van der Waals surface area (Å²) in [7, 11) is 2.22. The molecule has 0 radical (unpaired) electrons. The van der Waals surface area contributed by atoms with Crippen molar-refractivity contribution in [2.24, 2.45) is 5.92 Å². The van der Waals surface area contributed by atoms with Gasteiger partial charge in [-0.3, -0.25) is 0 Å². The molecule has 1 aliphatic heterocycles. The van der Waals surface area contributed by atoms with Crippen molar-refractivity contribution in [3.8, 4) is 0 Å². The van der Waals surface area contributed by atoms with Crippen LogP contribution in [0.2, 0.25) is 5.02 Å². The number of nitrogens with zero attached hydrogens (tertiary/aromatic N) is 1. The van der Waals surface area contributed by atoms with Crippen molar-refractivity contribution in [1.82, 2.24) is 4.90 Å². The number of fused-ring (bicyclic) bond motifs is 3. The molecule has 2 unspecified atom stereocenters. The third-order valence-corrected chi connectivity index (χ3v) is 4.30. The molecular formula is C13H16ClN. The molecule has 0 bridgehead atoms. The summed E-state index contributed by atoms with van der Waals surface area (Å²) in [4.78, 5) is 2.45. The van der Waals surface area contributed by atoms with Gasteiger partial charge < -0.3 is 4.90 Å². The highest BCUT2D eigenvalue weighted by Gasteiger charge is 2.36. The van der Waals surface area contributed by atoms with Crippen molar-refractivity contribution in [3.63, 3.8) is 0 Å². The van der Waals surface area contributed by atoms with Gasteiger partial charge in [0.1, 0.15) is 0 Å². The lowest BCUT2D eigenvalue weighted by Crippen LogP contribution is -2.19. The molecule has 0 spiro atoms. The zero-order valence-corrected chi connectivity index (χ0v) is 9.80. The number of hydrogen-bond acceptors (Lipinski definition) is 1. The zero-order valence-electron chi connectivity index (χ0n) is 9.04. The highest BCUT2D eigenvalue weighted by Crippen LogP contribution is 2.42.